The molecule has 2 aromatic carbocycles. The highest BCUT2D eigenvalue weighted by Gasteiger charge is 2.31. The molecule has 3 aromatic rings. The third-order valence-electron chi connectivity index (χ3n) is 4.06. The Hall–Kier alpha value is -2.82. The van der Waals surface area contributed by atoms with Crippen molar-refractivity contribution < 1.29 is 39.3 Å². The van der Waals surface area contributed by atoms with Crippen LogP contribution in [0.2, 0.25) is 0 Å². The largest absolute Gasteiger partial charge is 0.416 e. The fraction of sp³-hybridized carbons (Fsp3) is 0.167. The number of rotatable bonds is 4. The number of hydrogen-bond donors (Lipinski definition) is 0. The number of sulfone groups is 1. The summed E-state index contributed by atoms with van der Waals surface area (Å²) in [6.07, 6.45) is -3.91. The first-order valence-electron chi connectivity index (χ1n) is 7.85. The molecule has 11 heteroatoms. The van der Waals surface area contributed by atoms with Crippen molar-refractivity contribution in [2.75, 3.05) is 6.26 Å². The summed E-state index contributed by atoms with van der Waals surface area (Å²) in [7, 11) is -4.07. The van der Waals surface area contributed by atoms with E-state index in [1.807, 2.05) is 0 Å². The zero-order chi connectivity index (χ0) is 21.6. The van der Waals surface area contributed by atoms with E-state index in [2.05, 4.69) is 5.16 Å². The zero-order valence-corrected chi connectivity index (χ0v) is 15.3. The Bertz CT molecular complexity index is 1170. The molecule has 154 valence electrons. The molecular formula is C18H11F6NO3S. The molecule has 0 atom stereocenters. The standard InChI is InChI=1S/C18H11F6NO3S/c1-29(26,27)15-7-12(20)11(6-13(15)21)16-14(8-19)28-25-17(16)9-2-4-10(5-3-9)18(22,23)24/h2-7H,8H2,1H3. The van der Waals surface area contributed by atoms with E-state index in [9.17, 15) is 34.8 Å². The van der Waals surface area contributed by atoms with Crippen LogP contribution in [0, 0.1) is 11.6 Å². The first kappa shape index (κ1) is 20.9. The SMILES string of the molecule is CS(=O)(=O)c1cc(F)c(-c2c(-c3ccc(C(F)(F)F)cc3)noc2CF)cc1F. The number of benzene rings is 2. The van der Waals surface area contributed by atoms with Gasteiger partial charge in [-0.2, -0.15) is 13.2 Å². The monoisotopic (exact) mass is 435 g/mol. The van der Waals surface area contributed by atoms with Crippen molar-refractivity contribution in [3.63, 3.8) is 0 Å². The van der Waals surface area contributed by atoms with Crippen molar-refractivity contribution in [1.29, 1.82) is 0 Å². The Balaban J connectivity index is 2.20. The molecule has 1 heterocycles. The number of nitrogens with zero attached hydrogens (tertiary/aromatic N) is 1. The van der Waals surface area contributed by atoms with Crippen molar-refractivity contribution in [3.8, 4) is 22.4 Å². The lowest BCUT2D eigenvalue weighted by atomic mass is 9.98. The van der Waals surface area contributed by atoms with Gasteiger partial charge in [-0.15, -0.1) is 0 Å². The summed E-state index contributed by atoms with van der Waals surface area (Å²) >= 11 is 0. The van der Waals surface area contributed by atoms with Gasteiger partial charge in [-0.05, 0) is 24.3 Å². The summed E-state index contributed by atoms with van der Waals surface area (Å²) in [6.45, 7) is -1.27. The van der Waals surface area contributed by atoms with E-state index in [1.165, 1.54) is 0 Å². The van der Waals surface area contributed by atoms with Gasteiger partial charge in [0.05, 0.1) is 11.1 Å². The van der Waals surface area contributed by atoms with Crippen LogP contribution in [0.4, 0.5) is 26.3 Å². The van der Waals surface area contributed by atoms with Crippen molar-refractivity contribution in [2.45, 2.75) is 17.7 Å². The molecule has 29 heavy (non-hydrogen) atoms. The maximum Gasteiger partial charge on any atom is 0.416 e. The van der Waals surface area contributed by atoms with E-state index < -0.39 is 56.1 Å². The van der Waals surface area contributed by atoms with E-state index in [4.69, 9.17) is 4.52 Å². The predicted molar refractivity (Wildman–Crippen MR) is 90.2 cm³/mol. The van der Waals surface area contributed by atoms with E-state index in [1.54, 1.807) is 0 Å². The molecule has 0 aliphatic carbocycles. The molecule has 0 fully saturated rings. The van der Waals surface area contributed by atoms with Crippen LogP contribution in [-0.4, -0.2) is 19.8 Å². The smallest absolute Gasteiger partial charge is 0.357 e. The Morgan fingerprint density at radius 1 is 1.03 bits per heavy atom. The van der Waals surface area contributed by atoms with Gasteiger partial charge in [0.15, 0.2) is 22.3 Å². The molecule has 0 aliphatic rings. The first-order valence-corrected chi connectivity index (χ1v) is 9.74. The van der Waals surface area contributed by atoms with Crippen LogP contribution in [0.3, 0.4) is 0 Å². The van der Waals surface area contributed by atoms with Crippen molar-refractivity contribution in [2.24, 2.45) is 0 Å². The van der Waals surface area contributed by atoms with Crippen molar-refractivity contribution >= 4 is 9.84 Å². The number of hydrogen-bond acceptors (Lipinski definition) is 4. The lowest BCUT2D eigenvalue weighted by Gasteiger charge is -2.09. The van der Waals surface area contributed by atoms with Gasteiger partial charge in [0.1, 0.15) is 22.2 Å². The highest BCUT2D eigenvalue weighted by atomic mass is 32.2. The minimum absolute atomic E-state index is 0.0310. The molecular weight excluding hydrogens is 424 g/mol. The first-order chi connectivity index (χ1) is 13.4. The van der Waals surface area contributed by atoms with Gasteiger partial charge >= 0.3 is 6.18 Å². The van der Waals surface area contributed by atoms with Crippen molar-refractivity contribution in [1.82, 2.24) is 5.16 Å². The topological polar surface area (TPSA) is 60.2 Å². The minimum Gasteiger partial charge on any atom is -0.357 e. The third-order valence-corrected chi connectivity index (χ3v) is 5.17. The van der Waals surface area contributed by atoms with Gasteiger partial charge in [-0.1, -0.05) is 17.3 Å². The van der Waals surface area contributed by atoms with E-state index in [0.29, 0.717) is 18.4 Å². The van der Waals surface area contributed by atoms with Gasteiger partial charge in [0.25, 0.3) is 0 Å². The Kier molecular flexibility index (Phi) is 5.20. The number of halogens is 6. The number of alkyl halides is 4. The Morgan fingerprint density at radius 3 is 2.17 bits per heavy atom. The molecule has 0 saturated heterocycles. The summed E-state index contributed by atoms with van der Waals surface area (Å²) in [6, 6.07) is 4.51. The van der Waals surface area contributed by atoms with Gasteiger partial charge in [0, 0.05) is 17.4 Å². The maximum atomic E-state index is 14.6. The second-order valence-corrected chi connectivity index (χ2v) is 8.06. The van der Waals surface area contributed by atoms with Crippen LogP contribution >= 0.6 is 0 Å². The second kappa shape index (κ2) is 7.21. The third kappa shape index (κ3) is 4.00. The molecule has 3 rings (SSSR count). The predicted octanol–water partition coefficient (Wildman–Crippen LogP) is 5.18. The lowest BCUT2D eigenvalue weighted by molar-refractivity contribution is -0.137. The lowest BCUT2D eigenvalue weighted by Crippen LogP contribution is -2.04. The second-order valence-electron chi connectivity index (χ2n) is 6.07. The molecule has 1 aromatic heterocycles. The summed E-state index contributed by atoms with van der Waals surface area (Å²) in [5.74, 6) is -2.98. The van der Waals surface area contributed by atoms with E-state index in [0.717, 1.165) is 24.3 Å². The number of aromatic nitrogens is 1. The molecule has 0 saturated carbocycles. The maximum absolute atomic E-state index is 14.6. The van der Waals surface area contributed by atoms with Crippen LogP contribution in [0.1, 0.15) is 11.3 Å². The molecule has 4 nitrogen and oxygen atoms in total. The molecule has 0 bridgehead atoms. The molecule has 0 unspecified atom stereocenters. The van der Waals surface area contributed by atoms with Gasteiger partial charge in [-0.3, -0.25) is 0 Å². The fourth-order valence-electron chi connectivity index (χ4n) is 2.71. The van der Waals surface area contributed by atoms with Crippen LogP contribution in [0.5, 0.6) is 0 Å². The fourth-order valence-corrected chi connectivity index (χ4v) is 3.44. The van der Waals surface area contributed by atoms with Crippen LogP contribution in [0.25, 0.3) is 22.4 Å². The van der Waals surface area contributed by atoms with Crippen molar-refractivity contribution in [3.05, 3.63) is 59.4 Å². The van der Waals surface area contributed by atoms with Crippen LogP contribution < -0.4 is 0 Å². The van der Waals surface area contributed by atoms with Crippen LogP contribution in [-0.2, 0) is 22.7 Å². The highest BCUT2D eigenvalue weighted by molar-refractivity contribution is 7.90. The molecule has 0 N–H and O–H groups in total. The Morgan fingerprint density at radius 2 is 1.66 bits per heavy atom. The normalized spacial score (nSPS) is 12.4. The molecule has 0 radical (unpaired) electrons. The van der Waals surface area contributed by atoms with E-state index in [-0.39, 0.29) is 16.8 Å². The van der Waals surface area contributed by atoms with E-state index >= 15 is 0 Å². The molecule has 0 amide bonds. The summed E-state index contributed by atoms with van der Waals surface area (Å²) < 4.78 is 108. The summed E-state index contributed by atoms with van der Waals surface area (Å²) in [5, 5.41) is 3.56. The Labute approximate surface area is 160 Å². The molecule has 0 aliphatic heterocycles. The van der Waals surface area contributed by atoms with Gasteiger partial charge < -0.3 is 4.52 Å². The zero-order valence-electron chi connectivity index (χ0n) is 14.5. The van der Waals surface area contributed by atoms with Gasteiger partial charge in [-0.25, -0.2) is 21.6 Å². The van der Waals surface area contributed by atoms with Crippen LogP contribution in [0.15, 0.2) is 45.8 Å². The summed E-state index contributed by atoms with van der Waals surface area (Å²) in [4.78, 5) is -0.895. The molecule has 0 spiro atoms. The quantitative estimate of drug-likeness (QED) is 0.530. The average Bonchev–Trinajstić information content (AvgIpc) is 3.05. The van der Waals surface area contributed by atoms with Gasteiger partial charge in [0.2, 0.25) is 0 Å². The average molecular weight is 435 g/mol. The highest BCUT2D eigenvalue weighted by Crippen LogP contribution is 2.39. The summed E-state index contributed by atoms with van der Waals surface area (Å²) in [5.41, 5.74) is -2.02. The minimum atomic E-state index is -4.59.